The average molecular weight is 617 g/mol. The van der Waals surface area contributed by atoms with Crippen LogP contribution in [-0.4, -0.2) is 94.1 Å². The van der Waals surface area contributed by atoms with E-state index in [9.17, 15) is 18.4 Å². The molecule has 2 N–H and O–H groups in total. The molecule has 234 valence electrons. The number of aryl methyl sites for hydroxylation is 1. The highest BCUT2D eigenvalue weighted by Crippen LogP contribution is 2.28. The quantitative estimate of drug-likeness (QED) is 0.263. The predicted molar refractivity (Wildman–Crippen MR) is 164 cm³/mol. The molecule has 6 rings (SSSR count). The highest BCUT2D eigenvalue weighted by atomic mass is 19.1. The van der Waals surface area contributed by atoms with Gasteiger partial charge in [-0.15, -0.1) is 0 Å². The third-order valence-electron chi connectivity index (χ3n) is 7.97. The smallest absolute Gasteiger partial charge is 0.317 e. The first-order valence-electron chi connectivity index (χ1n) is 15.0. The van der Waals surface area contributed by atoms with Crippen molar-refractivity contribution in [2.75, 3.05) is 57.3 Å². The Morgan fingerprint density at radius 1 is 0.911 bits per heavy atom. The molecule has 0 atom stereocenters. The second-order valence-electron chi connectivity index (χ2n) is 10.9. The number of anilines is 1. The highest BCUT2D eigenvalue weighted by molar-refractivity contribution is 5.77. The van der Waals surface area contributed by atoms with Gasteiger partial charge >= 0.3 is 6.03 Å². The summed E-state index contributed by atoms with van der Waals surface area (Å²) in [6, 6.07) is 13.9. The number of nitrogens with zero attached hydrogens (tertiary/aromatic N) is 6. The van der Waals surface area contributed by atoms with Gasteiger partial charge in [0.15, 0.2) is 0 Å². The number of aromatic nitrogens is 4. The molecule has 0 bridgehead atoms. The minimum absolute atomic E-state index is 0.0777. The lowest BCUT2D eigenvalue weighted by atomic mass is 10.1. The first kappa shape index (κ1) is 30.0. The molecule has 2 aromatic carbocycles. The molecule has 0 saturated carbocycles. The number of H-pyrrole nitrogens is 1. The van der Waals surface area contributed by atoms with Gasteiger partial charge in [-0.2, -0.15) is 0 Å². The van der Waals surface area contributed by atoms with E-state index in [1.165, 1.54) is 30.6 Å². The van der Waals surface area contributed by atoms with Gasteiger partial charge in [0.1, 0.15) is 36.2 Å². The molecule has 45 heavy (non-hydrogen) atoms. The number of nitrogens with one attached hydrogen (secondary N) is 2. The zero-order valence-electron chi connectivity index (χ0n) is 24.7. The Bertz CT molecular complexity index is 1620. The van der Waals surface area contributed by atoms with Crippen molar-refractivity contribution in [3.8, 4) is 28.5 Å². The van der Waals surface area contributed by atoms with Crippen LogP contribution in [0.4, 0.5) is 19.4 Å². The van der Waals surface area contributed by atoms with Crippen molar-refractivity contribution in [2.45, 2.75) is 19.3 Å². The minimum atomic E-state index is -0.335. The molecule has 13 heteroatoms. The summed E-state index contributed by atoms with van der Waals surface area (Å²) in [5.41, 5.74) is 3.02. The molecule has 2 saturated heterocycles. The molecular weight excluding hydrogens is 582 g/mol. The fourth-order valence-electron chi connectivity index (χ4n) is 5.51. The molecule has 2 aliphatic rings. The van der Waals surface area contributed by atoms with Crippen molar-refractivity contribution in [1.82, 2.24) is 35.1 Å². The van der Waals surface area contributed by atoms with E-state index in [2.05, 4.69) is 25.2 Å². The van der Waals surface area contributed by atoms with E-state index < -0.39 is 0 Å². The summed E-state index contributed by atoms with van der Waals surface area (Å²) in [6.07, 6.45) is 3.00. The summed E-state index contributed by atoms with van der Waals surface area (Å²) in [7, 11) is 0. The number of rotatable bonds is 11. The van der Waals surface area contributed by atoms with E-state index in [-0.39, 0.29) is 23.6 Å². The Hall–Kier alpha value is -5.07. The SMILES string of the molecule is O=C(CCCc1[nH]c(-c2ccc(F)cc2)nc1-c1ccc(F)cc1)N1CCN(c2cc(OCCN3CCNC3=O)ncn2)CC1. The Kier molecular flexibility index (Phi) is 9.13. The zero-order valence-corrected chi connectivity index (χ0v) is 24.7. The standard InChI is InChI=1S/C32H34F2N8O3/c33-24-8-4-22(5-9-24)30-26(38-31(39-30)23-6-10-25(34)11-7-23)2-1-3-29(43)41-16-14-40(15-17-41)27-20-28(37-21-36-27)45-19-18-42-13-12-35-32(42)44/h4-11,20-21H,1-3,12-19H2,(H,35,44)(H,38,39). The van der Waals surface area contributed by atoms with E-state index in [0.29, 0.717) is 89.1 Å². The zero-order chi connectivity index (χ0) is 31.2. The van der Waals surface area contributed by atoms with E-state index in [1.54, 1.807) is 35.2 Å². The number of halogens is 2. The fraction of sp³-hybridized carbons (Fsp3) is 0.344. The van der Waals surface area contributed by atoms with Crippen molar-refractivity contribution in [2.24, 2.45) is 0 Å². The van der Waals surface area contributed by atoms with Crippen LogP contribution in [0.2, 0.25) is 0 Å². The molecule has 2 aliphatic heterocycles. The molecule has 0 radical (unpaired) electrons. The summed E-state index contributed by atoms with van der Waals surface area (Å²) < 4.78 is 32.8. The van der Waals surface area contributed by atoms with Crippen LogP contribution in [0.25, 0.3) is 22.6 Å². The summed E-state index contributed by atoms with van der Waals surface area (Å²) in [4.78, 5) is 47.1. The van der Waals surface area contributed by atoms with Crippen LogP contribution in [-0.2, 0) is 11.2 Å². The normalized spacial score (nSPS) is 15.0. The van der Waals surface area contributed by atoms with E-state index in [4.69, 9.17) is 9.72 Å². The molecule has 0 spiro atoms. The maximum Gasteiger partial charge on any atom is 0.317 e. The van der Waals surface area contributed by atoms with Gasteiger partial charge in [-0.25, -0.2) is 28.5 Å². The van der Waals surface area contributed by atoms with Gasteiger partial charge in [0.2, 0.25) is 11.8 Å². The number of benzene rings is 2. The Balaban J connectivity index is 1.01. The first-order valence-corrected chi connectivity index (χ1v) is 15.0. The molecule has 4 aromatic rings. The van der Waals surface area contributed by atoms with Crippen molar-refractivity contribution in [3.63, 3.8) is 0 Å². The highest BCUT2D eigenvalue weighted by Gasteiger charge is 2.23. The topological polar surface area (TPSA) is 120 Å². The maximum atomic E-state index is 13.6. The van der Waals surface area contributed by atoms with Gasteiger partial charge in [-0.1, -0.05) is 0 Å². The predicted octanol–water partition coefficient (Wildman–Crippen LogP) is 3.89. The Labute approximate surface area is 259 Å². The van der Waals surface area contributed by atoms with Crippen LogP contribution in [0.5, 0.6) is 5.88 Å². The van der Waals surface area contributed by atoms with Crippen LogP contribution in [0, 0.1) is 11.6 Å². The molecule has 0 aliphatic carbocycles. The van der Waals surface area contributed by atoms with Crippen molar-refractivity contribution in [3.05, 3.63) is 78.3 Å². The number of piperazine rings is 1. The Morgan fingerprint density at radius 2 is 1.62 bits per heavy atom. The second kappa shape index (κ2) is 13.7. The van der Waals surface area contributed by atoms with Gasteiger partial charge in [0.05, 0.1) is 12.2 Å². The van der Waals surface area contributed by atoms with Gasteiger partial charge in [0, 0.05) is 68.6 Å². The van der Waals surface area contributed by atoms with Gasteiger partial charge in [0.25, 0.3) is 0 Å². The van der Waals surface area contributed by atoms with Crippen LogP contribution in [0.1, 0.15) is 18.5 Å². The van der Waals surface area contributed by atoms with E-state index in [1.807, 2.05) is 4.90 Å². The number of carbonyl (C=O) groups excluding carboxylic acids is 2. The number of imidazole rings is 1. The van der Waals surface area contributed by atoms with Crippen LogP contribution < -0.4 is 15.0 Å². The summed E-state index contributed by atoms with van der Waals surface area (Å²) in [5.74, 6) is 1.17. The van der Waals surface area contributed by atoms with Gasteiger partial charge in [-0.05, 0) is 61.4 Å². The maximum absolute atomic E-state index is 13.6. The minimum Gasteiger partial charge on any atom is -0.476 e. The molecule has 3 amide bonds. The molecular formula is C32H34F2N8O3. The number of ether oxygens (including phenoxy) is 1. The van der Waals surface area contributed by atoms with E-state index >= 15 is 0 Å². The second-order valence-corrected chi connectivity index (χ2v) is 10.9. The fourth-order valence-corrected chi connectivity index (χ4v) is 5.51. The third kappa shape index (κ3) is 7.36. The molecule has 0 unspecified atom stereocenters. The monoisotopic (exact) mass is 616 g/mol. The first-order chi connectivity index (χ1) is 21.9. The number of aromatic amines is 1. The molecule has 2 fully saturated rings. The van der Waals surface area contributed by atoms with E-state index in [0.717, 1.165) is 22.6 Å². The molecule has 2 aromatic heterocycles. The average Bonchev–Trinajstić information content (AvgIpc) is 3.68. The lowest BCUT2D eigenvalue weighted by Gasteiger charge is -2.35. The number of hydrogen-bond donors (Lipinski definition) is 2. The molecule has 11 nitrogen and oxygen atoms in total. The number of amides is 3. The number of hydrogen-bond acceptors (Lipinski definition) is 7. The summed E-state index contributed by atoms with van der Waals surface area (Å²) >= 11 is 0. The van der Waals surface area contributed by atoms with Crippen LogP contribution in [0.15, 0.2) is 60.9 Å². The molecule has 4 heterocycles. The number of urea groups is 1. The van der Waals surface area contributed by atoms with Crippen molar-refractivity contribution in [1.29, 1.82) is 0 Å². The van der Waals surface area contributed by atoms with Crippen LogP contribution >= 0.6 is 0 Å². The lowest BCUT2D eigenvalue weighted by Crippen LogP contribution is -2.49. The summed E-state index contributed by atoms with van der Waals surface area (Å²) in [5, 5.41) is 2.77. The van der Waals surface area contributed by atoms with Gasteiger partial charge < -0.3 is 29.7 Å². The van der Waals surface area contributed by atoms with Crippen LogP contribution in [0.3, 0.4) is 0 Å². The van der Waals surface area contributed by atoms with Crippen molar-refractivity contribution < 1.29 is 23.1 Å². The van der Waals surface area contributed by atoms with Gasteiger partial charge in [-0.3, -0.25) is 4.79 Å². The lowest BCUT2D eigenvalue weighted by molar-refractivity contribution is -0.131. The largest absolute Gasteiger partial charge is 0.476 e. The summed E-state index contributed by atoms with van der Waals surface area (Å²) in [6.45, 7) is 4.54. The number of carbonyl (C=O) groups is 2. The third-order valence-corrected chi connectivity index (χ3v) is 7.97. The Morgan fingerprint density at radius 3 is 2.31 bits per heavy atom. The van der Waals surface area contributed by atoms with Crippen molar-refractivity contribution >= 4 is 17.8 Å².